The Morgan fingerprint density at radius 3 is 1.93 bits per heavy atom. The number of ether oxygens (including phenoxy) is 1. The third kappa shape index (κ3) is 12.2. The molecule has 0 saturated heterocycles. The van der Waals surface area contributed by atoms with Gasteiger partial charge in [-0.3, -0.25) is 9.59 Å². The lowest BCUT2D eigenvalue weighted by Gasteiger charge is -2.28. The molecule has 158 valence electrons. The quantitative estimate of drug-likeness (QED) is 0.453. The summed E-state index contributed by atoms with van der Waals surface area (Å²) in [6.07, 6.45) is -1.13. The minimum atomic E-state index is -1.12. The molecule has 0 aliphatic rings. The van der Waals surface area contributed by atoms with Crippen LogP contribution in [0.3, 0.4) is 0 Å². The van der Waals surface area contributed by atoms with E-state index in [4.69, 9.17) is 10.5 Å². The fourth-order valence-corrected chi connectivity index (χ4v) is 2.58. The molecule has 3 atom stereocenters. The first-order valence-corrected chi connectivity index (χ1v) is 9.47. The summed E-state index contributed by atoms with van der Waals surface area (Å²) < 4.78 is 5.22. The number of nitrogens with one attached hydrogen (secondary N) is 2. The molecule has 0 radical (unpaired) electrons. The van der Waals surface area contributed by atoms with Gasteiger partial charge in [0.1, 0.15) is 11.6 Å². The molecule has 0 spiro atoms. The maximum atomic E-state index is 12.2. The van der Waals surface area contributed by atoms with E-state index in [0.29, 0.717) is 12.8 Å². The number of alkyl carbamates (subject to hydrolysis) is 1. The molecule has 8 heteroatoms. The Labute approximate surface area is 162 Å². The molecule has 0 aromatic heterocycles. The maximum absolute atomic E-state index is 12.2. The second-order valence-corrected chi connectivity index (χ2v) is 8.81. The Hall–Kier alpha value is -1.83. The van der Waals surface area contributed by atoms with Crippen molar-refractivity contribution >= 4 is 17.9 Å². The van der Waals surface area contributed by atoms with E-state index in [1.165, 1.54) is 0 Å². The summed E-state index contributed by atoms with van der Waals surface area (Å²) in [5, 5.41) is 15.7. The number of nitrogens with two attached hydrogens (primary N) is 1. The summed E-state index contributed by atoms with van der Waals surface area (Å²) in [5.41, 5.74) is 4.66. The fraction of sp³-hybridized carbons (Fsp3) is 0.842. The first-order chi connectivity index (χ1) is 12.2. The Kier molecular flexibility index (Phi) is 10.4. The van der Waals surface area contributed by atoms with E-state index in [0.717, 1.165) is 0 Å². The maximum Gasteiger partial charge on any atom is 0.407 e. The molecule has 8 nitrogen and oxygen atoms in total. The molecule has 0 bridgehead atoms. The van der Waals surface area contributed by atoms with E-state index in [9.17, 15) is 19.5 Å². The molecule has 0 aromatic rings. The van der Waals surface area contributed by atoms with Crippen LogP contribution in [0.25, 0.3) is 0 Å². The zero-order valence-corrected chi connectivity index (χ0v) is 17.7. The van der Waals surface area contributed by atoms with Crippen molar-refractivity contribution in [2.75, 3.05) is 0 Å². The van der Waals surface area contributed by atoms with Crippen molar-refractivity contribution in [3.8, 4) is 0 Å². The van der Waals surface area contributed by atoms with Crippen LogP contribution in [0, 0.1) is 11.8 Å². The van der Waals surface area contributed by atoms with Gasteiger partial charge >= 0.3 is 6.09 Å². The summed E-state index contributed by atoms with van der Waals surface area (Å²) >= 11 is 0. The summed E-state index contributed by atoms with van der Waals surface area (Å²) in [4.78, 5) is 35.7. The smallest absolute Gasteiger partial charge is 0.407 e. The van der Waals surface area contributed by atoms with Crippen LogP contribution in [0.2, 0.25) is 0 Å². The van der Waals surface area contributed by atoms with Gasteiger partial charge in [0.2, 0.25) is 11.8 Å². The molecule has 0 unspecified atom stereocenters. The standard InChI is InChI=1S/C19H37N3O5/c1-11(2)8-13(22-18(26)27-19(5,6)7)15(23)10-16(24)21-14(17(20)25)9-12(3)4/h11-15,23H,8-10H2,1-7H3,(H2,20,25)(H,21,24)(H,22,26)/t13-,14-,15-/m0/s1. The predicted molar refractivity (Wildman–Crippen MR) is 104 cm³/mol. The van der Waals surface area contributed by atoms with Crippen molar-refractivity contribution in [2.45, 2.75) is 91.5 Å². The Morgan fingerprint density at radius 1 is 1.00 bits per heavy atom. The molecule has 0 rings (SSSR count). The molecule has 3 amide bonds. The van der Waals surface area contributed by atoms with Gasteiger partial charge in [-0.2, -0.15) is 0 Å². The number of aliphatic hydroxyl groups is 1. The van der Waals surface area contributed by atoms with Crippen molar-refractivity contribution in [2.24, 2.45) is 17.6 Å². The van der Waals surface area contributed by atoms with Crippen LogP contribution in [-0.4, -0.2) is 46.8 Å². The summed E-state index contributed by atoms with van der Waals surface area (Å²) in [6, 6.07) is -1.44. The van der Waals surface area contributed by atoms with Crippen molar-refractivity contribution in [3.05, 3.63) is 0 Å². The van der Waals surface area contributed by atoms with Crippen LogP contribution in [0.15, 0.2) is 0 Å². The first-order valence-electron chi connectivity index (χ1n) is 9.47. The van der Waals surface area contributed by atoms with Crippen LogP contribution in [-0.2, 0) is 14.3 Å². The van der Waals surface area contributed by atoms with Crippen molar-refractivity contribution in [1.29, 1.82) is 0 Å². The monoisotopic (exact) mass is 387 g/mol. The number of hydrogen-bond acceptors (Lipinski definition) is 5. The molecular weight excluding hydrogens is 350 g/mol. The van der Waals surface area contributed by atoms with Crippen molar-refractivity contribution < 1.29 is 24.2 Å². The van der Waals surface area contributed by atoms with Gasteiger partial charge in [0.25, 0.3) is 0 Å². The third-order valence-corrected chi connectivity index (χ3v) is 3.67. The van der Waals surface area contributed by atoms with Gasteiger partial charge in [0.05, 0.1) is 18.6 Å². The number of carbonyl (C=O) groups excluding carboxylic acids is 3. The van der Waals surface area contributed by atoms with Gasteiger partial charge in [-0.1, -0.05) is 27.7 Å². The van der Waals surface area contributed by atoms with E-state index in [2.05, 4.69) is 10.6 Å². The second kappa shape index (κ2) is 11.1. The zero-order chi connectivity index (χ0) is 21.4. The Morgan fingerprint density at radius 2 is 1.52 bits per heavy atom. The van der Waals surface area contributed by atoms with E-state index < -0.39 is 41.7 Å². The summed E-state index contributed by atoms with van der Waals surface area (Å²) in [7, 11) is 0. The van der Waals surface area contributed by atoms with Crippen LogP contribution < -0.4 is 16.4 Å². The van der Waals surface area contributed by atoms with Crippen LogP contribution in [0.4, 0.5) is 4.79 Å². The van der Waals surface area contributed by atoms with Gasteiger partial charge in [-0.05, 0) is 45.4 Å². The normalized spacial score (nSPS) is 15.2. The minimum Gasteiger partial charge on any atom is -0.444 e. The van der Waals surface area contributed by atoms with Crippen LogP contribution in [0.5, 0.6) is 0 Å². The molecule has 0 aliphatic carbocycles. The average molecular weight is 388 g/mol. The number of hydrogen-bond donors (Lipinski definition) is 4. The van der Waals surface area contributed by atoms with E-state index >= 15 is 0 Å². The zero-order valence-electron chi connectivity index (χ0n) is 17.7. The average Bonchev–Trinajstić information content (AvgIpc) is 2.42. The number of rotatable bonds is 10. The van der Waals surface area contributed by atoms with Crippen molar-refractivity contribution in [1.82, 2.24) is 10.6 Å². The number of primary amides is 1. The minimum absolute atomic E-state index is 0.176. The predicted octanol–water partition coefficient (Wildman–Crippen LogP) is 1.69. The summed E-state index contributed by atoms with van der Waals surface area (Å²) in [5.74, 6) is -0.749. The van der Waals surface area contributed by atoms with Crippen LogP contribution >= 0.6 is 0 Å². The highest BCUT2D eigenvalue weighted by Gasteiger charge is 2.28. The van der Waals surface area contributed by atoms with Gasteiger partial charge in [0, 0.05) is 0 Å². The van der Waals surface area contributed by atoms with Crippen molar-refractivity contribution in [3.63, 3.8) is 0 Å². The SMILES string of the molecule is CC(C)C[C@H](NC(=O)C[C@H](O)[C@H](CC(C)C)NC(=O)OC(C)(C)C)C(N)=O. The Balaban J connectivity index is 4.91. The van der Waals surface area contributed by atoms with Crippen LogP contribution in [0.1, 0.15) is 67.7 Å². The molecular formula is C19H37N3O5. The van der Waals surface area contributed by atoms with Gasteiger partial charge < -0.3 is 26.2 Å². The number of aliphatic hydroxyl groups excluding tert-OH is 1. The first kappa shape index (κ1) is 25.2. The third-order valence-electron chi connectivity index (χ3n) is 3.67. The lowest BCUT2D eigenvalue weighted by Crippen LogP contribution is -2.50. The highest BCUT2D eigenvalue weighted by atomic mass is 16.6. The van der Waals surface area contributed by atoms with Gasteiger partial charge in [-0.15, -0.1) is 0 Å². The highest BCUT2D eigenvalue weighted by molar-refractivity contribution is 5.86. The number of carbonyl (C=O) groups is 3. The fourth-order valence-electron chi connectivity index (χ4n) is 2.58. The largest absolute Gasteiger partial charge is 0.444 e. The molecule has 0 aromatic carbocycles. The molecule has 0 heterocycles. The lowest BCUT2D eigenvalue weighted by molar-refractivity contribution is -0.129. The molecule has 0 fully saturated rings. The topological polar surface area (TPSA) is 131 Å². The van der Waals surface area contributed by atoms with E-state index in [1.807, 2.05) is 27.7 Å². The van der Waals surface area contributed by atoms with Gasteiger partial charge in [-0.25, -0.2) is 4.79 Å². The molecule has 27 heavy (non-hydrogen) atoms. The van der Waals surface area contributed by atoms with E-state index in [1.54, 1.807) is 20.8 Å². The number of amides is 3. The summed E-state index contributed by atoms with van der Waals surface area (Å²) in [6.45, 7) is 13.0. The molecule has 5 N–H and O–H groups in total. The molecule has 0 aliphatic heterocycles. The van der Waals surface area contributed by atoms with E-state index in [-0.39, 0.29) is 18.3 Å². The second-order valence-electron chi connectivity index (χ2n) is 8.81. The Bertz CT molecular complexity index is 500. The highest BCUT2D eigenvalue weighted by Crippen LogP contribution is 2.14. The molecule has 0 saturated carbocycles. The van der Waals surface area contributed by atoms with Gasteiger partial charge in [0.15, 0.2) is 0 Å². The lowest BCUT2D eigenvalue weighted by atomic mass is 9.96.